The quantitative estimate of drug-likeness (QED) is 0.601. The molecule has 0 aliphatic heterocycles. The molecule has 0 aromatic heterocycles. The maximum absolute atomic E-state index is 5.71. The Kier molecular flexibility index (Phi) is 7.75. The van der Waals surface area contributed by atoms with Crippen molar-refractivity contribution < 1.29 is 14.2 Å². The van der Waals surface area contributed by atoms with Crippen LogP contribution in [0.1, 0.15) is 30.4 Å². The van der Waals surface area contributed by atoms with E-state index in [2.05, 4.69) is 29.6 Å². The molecule has 1 aromatic carbocycles. The molecule has 1 aliphatic carbocycles. The fraction of sp³-hybridized carbons (Fsp3) is 0.647. The molecule has 21 heavy (non-hydrogen) atoms. The van der Waals surface area contributed by atoms with E-state index in [9.17, 15) is 0 Å². The normalized spacial score (nSPS) is 14.5. The van der Waals surface area contributed by atoms with Crippen molar-refractivity contribution in [2.24, 2.45) is 0 Å². The van der Waals surface area contributed by atoms with Crippen LogP contribution in [0.3, 0.4) is 0 Å². The van der Waals surface area contributed by atoms with E-state index in [-0.39, 0.29) is 0 Å². The highest BCUT2D eigenvalue weighted by atomic mass is 16.5. The lowest BCUT2D eigenvalue weighted by Gasteiger charge is -2.11. The van der Waals surface area contributed by atoms with E-state index >= 15 is 0 Å². The van der Waals surface area contributed by atoms with Crippen LogP contribution in [0.25, 0.3) is 0 Å². The zero-order valence-corrected chi connectivity index (χ0v) is 13.0. The molecule has 1 fully saturated rings. The van der Waals surface area contributed by atoms with Gasteiger partial charge in [-0.15, -0.1) is 0 Å². The van der Waals surface area contributed by atoms with Gasteiger partial charge in [0.2, 0.25) is 0 Å². The van der Waals surface area contributed by atoms with Gasteiger partial charge in [-0.25, -0.2) is 0 Å². The summed E-state index contributed by atoms with van der Waals surface area (Å²) in [6.45, 7) is 4.37. The molecule has 118 valence electrons. The second-order valence-electron chi connectivity index (χ2n) is 5.44. The molecule has 0 bridgehead atoms. The van der Waals surface area contributed by atoms with Crippen LogP contribution in [0.5, 0.6) is 0 Å². The van der Waals surface area contributed by atoms with E-state index in [1.165, 1.54) is 24.0 Å². The van der Waals surface area contributed by atoms with Crippen LogP contribution in [0, 0.1) is 0 Å². The Bertz CT molecular complexity index is 393. The van der Waals surface area contributed by atoms with Gasteiger partial charge in [-0.1, -0.05) is 24.3 Å². The molecule has 1 aliphatic rings. The zero-order chi connectivity index (χ0) is 14.8. The Morgan fingerprint density at radius 3 is 2.52 bits per heavy atom. The summed E-state index contributed by atoms with van der Waals surface area (Å²) in [7, 11) is 1.71. The minimum absolute atomic E-state index is 0.636. The van der Waals surface area contributed by atoms with Crippen molar-refractivity contribution in [1.29, 1.82) is 0 Å². The average molecular weight is 293 g/mol. The summed E-state index contributed by atoms with van der Waals surface area (Å²) in [6.07, 6.45) is 3.57. The fourth-order valence-corrected chi connectivity index (χ4v) is 2.12. The first-order valence-electron chi connectivity index (χ1n) is 7.84. The van der Waals surface area contributed by atoms with E-state index in [0.717, 1.165) is 32.2 Å². The maximum atomic E-state index is 5.71. The first-order valence-corrected chi connectivity index (χ1v) is 7.84. The third-order valence-electron chi connectivity index (χ3n) is 3.54. The van der Waals surface area contributed by atoms with Gasteiger partial charge < -0.3 is 19.5 Å². The molecule has 0 amide bonds. The van der Waals surface area contributed by atoms with Gasteiger partial charge in [0.15, 0.2) is 0 Å². The Hall–Kier alpha value is -0.940. The molecular weight excluding hydrogens is 266 g/mol. The van der Waals surface area contributed by atoms with Crippen molar-refractivity contribution in [3.63, 3.8) is 0 Å². The highest BCUT2D eigenvalue weighted by Gasteiger charge is 2.20. The number of hydrogen-bond acceptors (Lipinski definition) is 4. The first kappa shape index (κ1) is 16.4. The van der Waals surface area contributed by atoms with E-state index in [4.69, 9.17) is 14.2 Å². The molecule has 4 heteroatoms. The summed E-state index contributed by atoms with van der Waals surface area (Å²) in [6, 6.07) is 9.21. The molecular formula is C17H27NO3. The number of nitrogens with one attached hydrogen (secondary N) is 1. The molecule has 0 heterocycles. The first-order chi connectivity index (χ1) is 10.4. The van der Waals surface area contributed by atoms with Crippen molar-refractivity contribution >= 4 is 0 Å². The second kappa shape index (κ2) is 9.90. The van der Waals surface area contributed by atoms with Crippen LogP contribution in [-0.4, -0.2) is 39.6 Å². The number of rotatable bonds is 12. The lowest BCUT2D eigenvalue weighted by atomic mass is 10.1. The van der Waals surface area contributed by atoms with Crippen LogP contribution < -0.4 is 5.32 Å². The minimum atomic E-state index is 0.636. The largest absolute Gasteiger partial charge is 0.385 e. The van der Waals surface area contributed by atoms with Crippen molar-refractivity contribution in [3.8, 4) is 0 Å². The number of methoxy groups -OCH3 is 1. The molecule has 2 rings (SSSR count). The van der Waals surface area contributed by atoms with Crippen molar-refractivity contribution in [2.45, 2.75) is 38.5 Å². The van der Waals surface area contributed by atoms with Crippen LogP contribution in [-0.2, 0) is 27.4 Å². The summed E-state index contributed by atoms with van der Waals surface area (Å²) >= 11 is 0. The monoisotopic (exact) mass is 293 g/mol. The average Bonchev–Trinajstić information content (AvgIpc) is 3.33. The smallest absolute Gasteiger partial charge is 0.0721 e. The molecule has 4 nitrogen and oxygen atoms in total. The van der Waals surface area contributed by atoms with Crippen LogP contribution in [0.2, 0.25) is 0 Å². The van der Waals surface area contributed by atoms with Crippen molar-refractivity contribution in [3.05, 3.63) is 35.4 Å². The summed E-state index contributed by atoms with van der Waals surface area (Å²) in [4.78, 5) is 0. The van der Waals surface area contributed by atoms with Crippen molar-refractivity contribution in [2.75, 3.05) is 33.5 Å². The third kappa shape index (κ3) is 7.05. The highest BCUT2D eigenvalue weighted by molar-refractivity contribution is 5.26. The Labute approximate surface area is 127 Å². The van der Waals surface area contributed by atoms with Gasteiger partial charge in [0, 0.05) is 32.9 Å². The van der Waals surface area contributed by atoms with Crippen LogP contribution >= 0.6 is 0 Å². The molecule has 1 N–H and O–H groups in total. The Morgan fingerprint density at radius 2 is 1.76 bits per heavy atom. The number of hydrogen-bond donors (Lipinski definition) is 1. The maximum Gasteiger partial charge on any atom is 0.0721 e. The van der Waals surface area contributed by atoms with E-state index < -0.39 is 0 Å². The van der Waals surface area contributed by atoms with Crippen molar-refractivity contribution in [1.82, 2.24) is 5.32 Å². The van der Waals surface area contributed by atoms with Crippen LogP contribution in [0.15, 0.2) is 24.3 Å². The van der Waals surface area contributed by atoms with Gasteiger partial charge in [-0.3, -0.25) is 0 Å². The number of benzene rings is 1. The molecule has 0 spiro atoms. The van der Waals surface area contributed by atoms with Gasteiger partial charge in [0.25, 0.3) is 0 Å². The fourth-order valence-electron chi connectivity index (χ4n) is 2.12. The second-order valence-corrected chi connectivity index (χ2v) is 5.44. The molecule has 1 saturated carbocycles. The molecule has 0 radical (unpaired) electrons. The zero-order valence-electron chi connectivity index (χ0n) is 13.0. The van der Waals surface area contributed by atoms with E-state index in [0.29, 0.717) is 19.8 Å². The lowest BCUT2D eigenvalue weighted by Crippen LogP contribution is -2.16. The molecule has 1 aromatic rings. The van der Waals surface area contributed by atoms with Gasteiger partial charge in [0.05, 0.1) is 19.8 Å². The molecule has 0 unspecified atom stereocenters. The van der Waals surface area contributed by atoms with E-state index in [1.807, 2.05) is 0 Å². The summed E-state index contributed by atoms with van der Waals surface area (Å²) in [5, 5.41) is 3.55. The van der Waals surface area contributed by atoms with E-state index in [1.54, 1.807) is 7.11 Å². The number of ether oxygens (including phenoxy) is 3. The van der Waals surface area contributed by atoms with Gasteiger partial charge in [-0.2, -0.15) is 0 Å². The van der Waals surface area contributed by atoms with Gasteiger partial charge >= 0.3 is 0 Å². The minimum Gasteiger partial charge on any atom is -0.385 e. The summed E-state index contributed by atoms with van der Waals surface area (Å²) < 4.78 is 16.1. The lowest BCUT2D eigenvalue weighted by molar-refractivity contribution is 0.0335. The molecule has 0 saturated heterocycles. The topological polar surface area (TPSA) is 39.7 Å². The highest BCUT2D eigenvalue weighted by Crippen LogP contribution is 2.20. The van der Waals surface area contributed by atoms with Gasteiger partial charge in [0.1, 0.15) is 0 Å². The third-order valence-corrected chi connectivity index (χ3v) is 3.54. The summed E-state index contributed by atoms with van der Waals surface area (Å²) in [5.41, 5.74) is 2.61. The predicted octanol–water partition coefficient (Wildman–Crippen LogP) is 2.51. The predicted molar refractivity (Wildman–Crippen MR) is 83.3 cm³/mol. The Balaban J connectivity index is 1.58. The standard InChI is InChI=1S/C17H27NO3/c1-19-9-4-10-20-11-12-21-14-16-6-3-2-5-15(16)13-18-17-7-8-17/h2-3,5-6,17-18H,4,7-14H2,1H3. The molecule has 0 atom stereocenters. The van der Waals surface area contributed by atoms with Gasteiger partial charge in [-0.05, 0) is 30.4 Å². The summed E-state index contributed by atoms with van der Waals surface area (Å²) in [5.74, 6) is 0. The SMILES string of the molecule is COCCCOCCOCc1ccccc1CNC1CC1. The Morgan fingerprint density at radius 1 is 1.00 bits per heavy atom. The van der Waals surface area contributed by atoms with Crippen LogP contribution in [0.4, 0.5) is 0 Å².